The zero-order chi connectivity index (χ0) is 16.9. The van der Waals surface area contributed by atoms with Crippen LogP contribution in [0, 0.1) is 18.3 Å². The Morgan fingerprint density at radius 3 is 2.62 bits per heavy atom. The number of hydrogen-bond acceptors (Lipinski definition) is 3. The van der Waals surface area contributed by atoms with Crippen LogP contribution in [0.15, 0.2) is 48.2 Å². The lowest BCUT2D eigenvalue weighted by atomic mass is 10.1. The van der Waals surface area contributed by atoms with Crippen LogP contribution in [0.1, 0.15) is 11.3 Å². The summed E-state index contributed by atoms with van der Waals surface area (Å²) >= 11 is 0. The van der Waals surface area contributed by atoms with E-state index in [1.54, 1.807) is 11.0 Å². The lowest BCUT2D eigenvalue weighted by molar-refractivity contribution is -0.130. The molecule has 0 spiro atoms. The zero-order valence-electron chi connectivity index (χ0n) is 13.6. The Labute approximate surface area is 141 Å². The van der Waals surface area contributed by atoms with Crippen LogP contribution in [-0.2, 0) is 9.53 Å². The van der Waals surface area contributed by atoms with E-state index < -0.39 is 0 Å². The van der Waals surface area contributed by atoms with Gasteiger partial charge in [0.05, 0.1) is 13.2 Å². The van der Waals surface area contributed by atoms with Gasteiger partial charge in [0, 0.05) is 30.7 Å². The van der Waals surface area contributed by atoms with Crippen molar-refractivity contribution < 1.29 is 9.53 Å². The predicted molar refractivity (Wildman–Crippen MR) is 91.5 cm³/mol. The molecule has 2 aromatic rings. The first-order valence-electron chi connectivity index (χ1n) is 7.92. The summed E-state index contributed by atoms with van der Waals surface area (Å²) in [6.07, 6.45) is 3.60. The first-order chi connectivity index (χ1) is 11.7. The SMILES string of the molecule is Cc1cc(/C=C(\C#N)C(=O)N2CCOCC2)cn1-c1ccccc1. The van der Waals surface area contributed by atoms with E-state index in [1.807, 2.05) is 60.2 Å². The third-order valence-corrected chi connectivity index (χ3v) is 4.03. The van der Waals surface area contributed by atoms with Gasteiger partial charge in [-0.05, 0) is 36.8 Å². The van der Waals surface area contributed by atoms with Gasteiger partial charge < -0.3 is 14.2 Å². The molecule has 122 valence electrons. The second kappa shape index (κ2) is 7.16. The minimum Gasteiger partial charge on any atom is -0.378 e. The summed E-state index contributed by atoms with van der Waals surface area (Å²) in [6, 6.07) is 14.0. The quantitative estimate of drug-likeness (QED) is 0.645. The van der Waals surface area contributed by atoms with Crippen molar-refractivity contribution in [2.75, 3.05) is 26.3 Å². The van der Waals surface area contributed by atoms with Gasteiger partial charge >= 0.3 is 0 Å². The fraction of sp³-hybridized carbons (Fsp3) is 0.263. The fourth-order valence-corrected chi connectivity index (χ4v) is 2.79. The molecule has 5 heteroatoms. The number of rotatable bonds is 3. The number of aromatic nitrogens is 1. The Balaban J connectivity index is 1.86. The predicted octanol–water partition coefficient (Wildman–Crippen LogP) is 2.55. The Kier molecular flexibility index (Phi) is 4.78. The van der Waals surface area contributed by atoms with Crippen LogP contribution >= 0.6 is 0 Å². The maximum absolute atomic E-state index is 12.5. The van der Waals surface area contributed by atoms with Crippen LogP contribution in [0.3, 0.4) is 0 Å². The van der Waals surface area contributed by atoms with Crippen molar-refractivity contribution in [2.24, 2.45) is 0 Å². The van der Waals surface area contributed by atoms with Gasteiger partial charge in [0.25, 0.3) is 5.91 Å². The number of aryl methyl sites for hydroxylation is 1. The monoisotopic (exact) mass is 321 g/mol. The second-order valence-corrected chi connectivity index (χ2v) is 5.69. The molecular formula is C19H19N3O2. The zero-order valence-corrected chi connectivity index (χ0v) is 13.6. The number of hydrogen-bond donors (Lipinski definition) is 0. The highest BCUT2D eigenvalue weighted by Crippen LogP contribution is 2.18. The maximum atomic E-state index is 12.5. The molecule has 3 rings (SSSR count). The highest BCUT2D eigenvalue weighted by atomic mass is 16.5. The van der Waals surface area contributed by atoms with Crippen molar-refractivity contribution in [3.63, 3.8) is 0 Å². The van der Waals surface area contributed by atoms with Gasteiger partial charge in [-0.15, -0.1) is 0 Å². The fourth-order valence-electron chi connectivity index (χ4n) is 2.79. The number of nitriles is 1. The standard InChI is InChI=1S/C19H19N3O2/c1-15-11-16(14-22(15)18-5-3-2-4-6-18)12-17(13-20)19(23)21-7-9-24-10-8-21/h2-6,11-12,14H,7-10H2,1H3/b17-12+. The molecular weight excluding hydrogens is 302 g/mol. The first kappa shape index (κ1) is 16.0. The number of morpholine rings is 1. The van der Waals surface area contributed by atoms with Crippen LogP contribution in [0.5, 0.6) is 0 Å². The van der Waals surface area contributed by atoms with Crippen molar-refractivity contribution in [1.82, 2.24) is 9.47 Å². The normalized spacial score (nSPS) is 15.2. The average molecular weight is 321 g/mol. The Morgan fingerprint density at radius 2 is 1.96 bits per heavy atom. The minimum atomic E-state index is -0.231. The number of nitrogens with zero attached hydrogens (tertiary/aromatic N) is 3. The molecule has 0 bridgehead atoms. The molecule has 1 amide bonds. The molecule has 2 heterocycles. The summed E-state index contributed by atoms with van der Waals surface area (Å²) in [5.41, 5.74) is 3.09. The third kappa shape index (κ3) is 3.39. The van der Waals surface area contributed by atoms with Crippen molar-refractivity contribution >= 4 is 12.0 Å². The molecule has 1 aliphatic heterocycles. The summed E-state index contributed by atoms with van der Waals surface area (Å²) in [5, 5.41) is 9.38. The van der Waals surface area contributed by atoms with E-state index in [4.69, 9.17) is 4.74 Å². The molecule has 24 heavy (non-hydrogen) atoms. The Hall–Kier alpha value is -2.84. The second-order valence-electron chi connectivity index (χ2n) is 5.69. The van der Waals surface area contributed by atoms with E-state index >= 15 is 0 Å². The molecule has 0 radical (unpaired) electrons. The molecule has 0 N–H and O–H groups in total. The summed E-state index contributed by atoms with van der Waals surface area (Å²) in [5.74, 6) is -0.231. The maximum Gasteiger partial charge on any atom is 0.264 e. The molecule has 0 aliphatic carbocycles. The molecule has 1 saturated heterocycles. The Morgan fingerprint density at radius 1 is 1.25 bits per heavy atom. The van der Waals surface area contributed by atoms with Crippen LogP contribution in [0.25, 0.3) is 11.8 Å². The molecule has 0 atom stereocenters. The summed E-state index contributed by atoms with van der Waals surface area (Å²) in [6.45, 7) is 4.10. The highest BCUT2D eigenvalue weighted by molar-refractivity contribution is 6.01. The van der Waals surface area contributed by atoms with Gasteiger partial charge in [-0.2, -0.15) is 5.26 Å². The number of benzene rings is 1. The van der Waals surface area contributed by atoms with E-state index in [0.29, 0.717) is 26.3 Å². The van der Waals surface area contributed by atoms with Crippen LogP contribution in [-0.4, -0.2) is 41.7 Å². The highest BCUT2D eigenvalue weighted by Gasteiger charge is 2.20. The van der Waals surface area contributed by atoms with Gasteiger partial charge in [0.1, 0.15) is 11.6 Å². The van der Waals surface area contributed by atoms with Crippen LogP contribution in [0.4, 0.5) is 0 Å². The number of para-hydroxylation sites is 1. The van der Waals surface area contributed by atoms with Gasteiger partial charge in [-0.1, -0.05) is 18.2 Å². The van der Waals surface area contributed by atoms with Crippen molar-refractivity contribution in [1.29, 1.82) is 5.26 Å². The van der Waals surface area contributed by atoms with E-state index in [0.717, 1.165) is 16.9 Å². The number of carbonyl (C=O) groups excluding carboxylic acids is 1. The van der Waals surface area contributed by atoms with Crippen molar-refractivity contribution in [3.05, 3.63) is 59.4 Å². The largest absolute Gasteiger partial charge is 0.378 e. The average Bonchev–Trinajstić information content (AvgIpc) is 3.01. The van der Waals surface area contributed by atoms with Crippen LogP contribution < -0.4 is 0 Å². The number of ether oxygens (including phenoxy) is 1. The number of carbonyl (C=O) groups is 1. The molecule has 0 saturated carbocycles. The molecule has 1 aliphatic rings. The van der Waals surface area contributed by atoms with Gasteiger partial charge in [0.2, 0.25) is 0 Å². The van der Waals surface area contributed by atoms with Gasteiger partial charge in [-0.3, -0.25) is 4.79 Å². The molecule has 5 nitrogen and oxygen atoms in total. The molecule has 1 aromatic heterocycles. The van der Waals surface area contributed by atoms with E-state index in [2.05, 4.69) is 0 Å². The molecule has 1 fully saturated rings. The van der Waals surface area contributed by atoms with Crippen molar-refractivity contribution in [2.45, 2.75) is 6.92 Å². The lowest BCUT2D eigenvalue weighted by Gasteiger charge is -2.26. The smallest absolute Gasteiger partial charge is 0.264 e. The summed E-state index contributed by atoms with van der Waals surface area (Å²) < 4.78 is 7.29. The van der Waals surface area contributed by atoms with E-state index in [1.165, 1.54) is 0 Å². The molecule has 0 unspecified atom stereocenters. The van der Waals surface area contributed by atoms with Gasteiger partial charge in [0.15, 0.2) is 0 Å². The van der Waals surface area contributed by atoms with Crippen LogP contribution in [0.2, 0.25) is 0 Å². The summed E-state index contributed by atoms with van der Waals surface area (Å²) in [7, 11) is 0. The summed E-state index contributed by atoms with van der Waals surface area (Å²) in [4.78, 5) is 14.1. The van der Waals surface area contributed by atoms with E-state index in [9.17, 15) is 10.1 Å². The third-order valence-electron chi connectivity index (χ3n) is 4.03. The Bertz CT molecular complexity index is 794. The molecule has 1 aromatic carbocycles. The minimum absolute atomic E-state index is 0.155. The van der Waals surface area contributed by atoms with Crippen molar-refractivity contribution in [3.8, 4) is 11.8 Å². The first-order valence-corrected chi connectivity index (χ1v) is 7.92. The van der Waals surface area contributed by atoms with E-state index in [-0.39, 0.29) is 11.5 Å². The lowest BCUT2D eigenvalue weighted by Crippen LogP contribution is -2.41. The topological polar surface area (TPSA) is 58.3 Å². The number of amides is 1. The van der Waals surface area contributed by atoms with Gasteiger partial charge in [-0.25, -0.2) is 0 Å².